The van der Waals surface area contributed by atoms with Crippen LogP contribution in [0.15, 0.2) is 42.5 Å². The van der Waals surface area contributed by atoms with Gasteiger partial charge in [-0.2, -0.15) is 0 Å². The fourth-order valence-corrected chi connectivity index (χ4v) is 3.51. The molecule has 2 rings (SSSR count). The lowest BCUT2D eigenvalue weighted by atomic mass is 10.1. The van der Waals surface area contributed by atoms with E-state index in [0.717, 1.165) is 16.7 Å². The molecule has 0 unspecified atom stereocenters. The Hall–Kier alpha value is -2.04. The van der Waals surface area contributed by atoms with Crippen molar-refractivity contribution in [1.29, 1.82) is 0 Å². The number of hydrogen-bond acceptors (Lipinski definition) is 3. The third-order valence-corrected chi connectivity index (χ3v) is 4.87. The molecule has 0 aliphatic rings. The summed E-state index contributed by atoms with van der Waals surface area (Å²) >= 11 is 12.6. The van der Waals surface area contributed by atoms with E-state index in [9.17, 15) is 9.59 Å². The number of carbonyl (C=O) groups excluding carboxylic acids is 2. The minimum absolute atomic E-state index is 0.0968. The number of carbonyl (C=O) groups is 2. The van der Waals surface area contributed by atoms with Crippen LogP contribution in [0.2, 0.25) is 10.0 Å². The lowest BCUT2D eigenvalue weighted by molar-refractivity contribution is -0.116. The van der Waals surface area contributed by atoms with Crippen molar-refractivity contribution in [2.24, 2.45) is 0 Å². The van der Waals surface area contributed by atoms with E-state index in [-0.39, 0.29) is 5.78 Å². The maximum absolute atomic E-state index is 12.8. The molecule has 4 nitrogen and oxygen atoms in total. The smallest absolute Gasteiger partial charge is 0.410 e. The summed E-state index contributed by atoms with van der Waals surface area (Å²) in [6.45, 7) is 7.83. The number of nitrogens with zero attached hydrogens (tertiary/aromatic N) is 1. The first-order valence-electron chi connectivity index (χ1n) is 9.53. The highest BCUT2D eigenvalue weighted by atomic mass is 35.5. The quantitative estimate of drug-likeness (QED) is 0.527. The molecule has 0 spiro atoms. The predicted octanol–water partition coefficient (Wildman–Crippen LogP) is 6.10. The van der Waals surface area contributed by atoms with Crippen LogP contribution in [-0.4, -0.2) is 28.9 Å². The average Bonchev–Trinajstić information content (AvgIpc) is 2.58. The first-order valence-corrected chi connectivity index (χ1v) is 10.3. The lowest BCUT2D eigenvalue weighted by Crippen LogP contribution is -2.37. The minimum atomic E-state index is -0.603. The molecule has 0 aliphatic heterocycles. The topological polar surface area (TPSA) is 46.6 Å². The van der Waals surface area contributed by atoms with E-state index in [1.165, 1.54) is 0 Å². The molecular formula is C23H27Cl2NO3. The Balaban J connectivity index is 2.21. The Kier molecular flexibility index (Phi) is 8.12. The molecule has 1 amide bonds. The Labute approximate surface area is 182 Å². The molecule has 0 saturated heterocycles. The number of Topliss-reactive ketones (excluding diaryl/α,β-unsaturated/α-hetero) is 1. The average molecular weight is 436 g/mol. The number of rotatable bonds is 7. The second-order valence-corrected chi connectivity index (χ2v) is 8.87. The Bertz CT molecular complexity index is 854. The molecule has 0 saturated carbocycles. The fraction of sp³-hybridized carbons (Fsp3) is 0.391. The van der Waals surface area contributed by atoms with Gasteiger partial charge in [-0.05, 0) is 62.9 Å². The Morgan fingerprint density at radius 2 is 1.59 bits per heavy atom. The number of ketones is 1. The minimum Gasteiger partial charge on any atom is -0.444 e. The summed E-state index contributed by atoms with van der Waals surface area (Å²) in [7, 11) is 0. The van der Waals surface area contributed by atoms with E-state index in [1.54, 1.807) is 30.0 Å². The molecule has 0 radical (unpaired) electrons. The van der Waals surface area contributed by atoms with Gasteiger partial charge in [-0.1, -0.05) is 53.5 Å². The normalized spacial score (nSPS) is 11.2. The second-order valence-electron chi connectivity index (χ2n) is 8.05. The maximum Gasteiger partial charge on any atom is 0.410 e. The summed E-state index contributed by atoms with van der Waals surface area (Å²) in [6, 6.07) is 13.0. The second kappa shape index (κ2) is 10.1. The van der Waals surface area contributed by atoms with Gasteiger partial charge in [0.2, 0.25) is 0 Å². The molecule has 0 aromatic heterocycles. The third kappa shape index (κ3) is 7.71. The summed E-state index contributed by atoms with van der Waals surface area (Å²) in [4.78, 5) is 25.9. The fourth-order valence-electron chi connectivity index (χ4n) is 2.93. The number of benzene rings is 2. The summed E-state index contributed by atoms with van der Waals surface area (Å²) < 4.78 is 5.58. The number of hydrogen-bond donors (Lipinski definition) is 0. The number of halogens is 2. The van der Waals surface area contributed by atoms with E-state index >= 15 is 0 Å². The van der Waals surface area contributed by atoms with Gasteiger partial charge >= 0.3 is 6.09 Å². The van der Waals surface area contributed by atoms with Gasteiger partial charge < -0.3 is 9.64 Å². The Morgan fingerprint density at radius 1 is 1.00 bits per heavy atom. The van der Waals surface area contributed by atoms with Gasteiger partial charge in [-0.25, -0.2) is 4.79 Å². The zero-order chi connectivity index (χ0) is 21.6. The summed E-state index contributed by atoms with van der Waals surface area (Å²) in [6.07, 6.45) is 0.470. The van der Waals surface area contributed by atoms with Crippen LogP contribution in [0.1, 0.15) is 44.4 Å². The molecule has 0 fully saturated rings. The van der Waals surface area contributed by atoms with Gasteiger partial charge in [-0.3, -0.25) is 4.79 Å². The van der Waals surface area contributed by atoms with Crippen molar-refractivity contribution in [1.82, 2.24) is 4.90 Å². The van der Waals surface area contributed by atoms with Gasteiger partial charge in [0.05, 0.1) is 0 Å². The molecule has 0 N–H and O–H groups in total. The van der Waals surface area contributed by atoms with E-state index in [4.69, 9.17) is 27.9 Å². The molecule has 0 bridgehead atoms. The van der Waals surface area contributed by atoms with Crippen molar-refractivity contribution in [3.8, 4) is 0 Å². The highest BCUT2D eigenvalue weighted by molar-refractivity contribution is 6.36. The van der Waals surface area contributed by atoms with E-state index < -0.39 is 11.7 Å². The molecule has 0 atom stereocenters. The van der Waals surface area contributed by atoms with Crippen LogP contribution < -0.4 is 0 Å². The van der Waals surface area contributed by atoms with Crippen LogP contribution in [0.25, 0.3) is 0 Å². The number of amides is 1. The molecule has 0 aliphatic carbocycles. The van der Waals surface area contributed by atoms with Gasteiger partial charge in [0, 0.05) is 29.6 Å². The molecule has 2 aromatic rings. The predicted molar refractivity (Wildman–Crippen MR) is 118 cm³/mol. The molecule has 0 heterocycles. The molecule has 156 valence electrons. The van der Waals surface area contributed by atoms with Crippen molar-refractivity contribution in [3.05, 3.63) is 69.2 Å². The first kappa shape index (κ1) is 23.2. The van der Waals surface area contributed by atoms with Crippen LogP contribution in [0.5, 0.6) is 0 Å². The number of ether oxygens (including phenoxy) is 1. The van der Waals surface area contributed by atoms with E-state index in [0.29, 0.717) is 36.0 Å². The van der Waals surface area contributed by atoms with Gasteiger partial charge in [0.25, 0.3) is 0 Å². The standard InChI is InChI=1S/C23H27Cl2NO3/c1-16(27)13-17-7-5-8-18(14-17)15-26(22(28)29-23(2,3)4)12-11-19-20(24)9-6-10-21(19)25/h5-10,14H,11-13,15H2,1-4H3. The lowest BCUT2D eigenvalue weighted by Gasteiger charge is -2.28. The molecule has 29 heavy (non-hydrogen) atoms. The Morgan fingerprint density at radius 3 is 2.17 bits per heavy atom. The van der Waals surface area contributed by atoms with E-state index in [1.807, 2.05) is 45.0 Å². The largest absolute Gasteiger partial charge is 0.444 e. The van der Waals surface area contributed by atoms with Crippen LogP contribution in [0, 0.1) is 0 Å². The molecular weight excluding hydrogens is 409 g/mol. The van der Waals surface area contributed by atoms with Crippen molar-refractivity contribution in [3.63, 3.8) is 0 Å². The SMILES string of the molecule is CC(=O)Cc1cccc(CN(CCc2c(Cl)cccc2Cl)C(=O)OC(C)(C)C)c1. The van der Waals surface area contributed by atoms with Crippen molar-refractivity contribution in [2.45, 2.75) is 52.7 Å². The van der Waals surface area contributed by atoms with Crippen LogP contribution in [0.4, 0.5) is 4.79 Å². The summed E-state index contributed by atoms with van der Waals surface area (Å²) in [5.74, 6) is 0.0968. The monoisotopic (exact) mass is 435 g/mol. The first-order chi connectivity index (χ1) is 13.5. The van der Waals surface area contributed by atoms with Crippen molar-refractivity contribution < 1.29 is 14.3 Å². The van der Waals surface area contributed by atoms with Crippen molar-refractivity contribution in [2.75, 3.05) is 6.54 Å². The van der Waals surface area contributed by atoms with Gasteiger partial charge in [0.1, 0.15) is 11.4 Å². The van der Waals surface area contributed by atoms with Crippen LogP contribution in [-0.2, 0) is 28.9 Å². The third-order valence-electron chi connectivity index (χ3n) is 4.16. The summed E-state index contributed by atoms with van der Waals surface area (Å²) in [5.41, 5.74) is 2.05. The van der Waals surface area contributed by atoms with E-state index in [2.05, 4.69) is 0 Å². The van der Waals surface area contributed by atoms with Crippen LogP contribution in [0.3, 0.4) is 0 Å². The highest BCUT2D eigenvalue weighted by Crippen LogP contribution is 2.25. The van der Waals surface area contributed by atoms with Crippen molar-refractivity contribution >= 4 is 35.1 Å². The zero-order valence-electron chi connectivity index (χ0n) is 17.3. The molecule has 6 heteroatoms. The molecule has 2 aromatic carbocycles. The maximum atomic E-state index is 12.8. The zero-order valence-corrected chi connectivity index (χ0v) is 18.8. The van der Waals surface area contributed by atoms with Gasteiger partial charge in [-0.15, -0.1) is 0 Å². The van der Waals surface area contributed by atoms with Gasteiger partial charge in [0.15, 0.2) is 0 Å². The van der Waals surface area contributed by atoms with Crippen LogP contribution >= 0.6 is 23.2 Å². The highest BCUT2D eigenvalue weighted by Gasteiger charge is 2.23. The summed E-state index contributed by atoms with van der Waals surface area (Å²) in [5, 5.41) is 1.15.